The summed E-state index contributed by atoms with van der Waals surface area (Å²) in [5, 5.41) is 2.00. The van der Waals surface area contributed by atoms with Crippen LogP contribution in [0.5, 0.6) is 0 Å². The number of rotatable bonds is 5. The summed E-state index contributed by atoms with van der Waals surface area (Å²) in [4.78, 5) is 13.4. The monoisotopic (exact) mass is 275 g/mol. The van der Waals surface area contributed by atoms with Crippen molar-refractivity contribution < 1.29 is 9.53 Å². The van der Waals surface area contributed by atoms with Gasteiger partial charge in [0.1, 0.15) is 5.41 Å². The number of hydrogen-bond donors (Lipinski definition) is 1. The maximum atomic E-state index is 12.3. The van der Waals surface area contributed by atoms with Crippen molar-refractivity contribution in [2.45, 2.75) is 11.8 Å². The molecule has 1 unspecified atom stereocenters. The van der Waals surface area contributed by atoms with Crippen molar-refractivity contribution in [2.24, 2.45) is 5.73 Å². The maximum absolute atomic E-state index is 12.3. The SMILES string of the molecule is COC(=O)C(CN)(Cc1cccs1)c1ccccc1. The van der Waals surface area contributed by atoms with Crippen LogP contribution in [0.1, 0.15) is 10.4 Å². The van der Waals surface area contributed by atoms with Crippen LogP contribution in [0.3, 0.4) is 0 Å². The first kappa shape index (κ1) is 13.8. The zero-order chi connectivity index (χ0) is 13.7. The Morgan fingerprint density at radius 3 is 2.53 bits per heavy atom. The molecule has 4 heteroatoms. The van der Waals surface area contributed by atoms with Gasteiger partial charge in [0.25, 0.3) is 0 Å². The molecule has 2 aromatic rings. The molecule has 2 N–H and O–H groups in total. The van der Waals surface area contributed by atoms with E-state index in [0.29, 0.717) is 6.42 Å². The summed E-state index contributed by atoms with van der Waals surface area (Å²) in [6.07, 6.45) is 0.567. The third-order valence-electron chi connectivity index (χ3n) is 3.31. The average molecular weight is 275 g/mol. The molecule has 0 fully saturated rings. The van der Waals surface area contributed by atoms with Gasteiger partial charge in [0.15, 0.2) is 0 Å². The van der Waals surface area contributed by atoms with Crippen LogP contribution in [0, 0.1) is 0 Å². The van der Waals surface area contributed by atoms with Crippen molar-refractivity contribution in [1.82, 2.24) is 0 Å². The normalized spacial score (nSPS) is 13.8. The van der Waals surface area contributed by atoms with E-state index in [-0.39, 0.29) is 12.5 Å². The molecule has 1 atom stereocenters. The van der Waals surface area contributed by atoms with Gasteiger partial charge in [0.05, 0.1) is 7.11 Å². The molecule has 0 saturated carbocycles. The summed E-state index contributed by atoms with van der Waals surface area (Å²) in [6.45, 7) is 0.224. The zero-order valence-electron chi connectivity index (χ0n) is 10.8. The highest BCUT2D eigenvalue weighted by Gasteiger charge is 2.40. The number of ether oxygens (including phenoxy) is 1. The second kappa shape index (κ2) is 5.99. The summed E-state index contributed by atoms with van der Waals surface area (Å²) in [5.74, 6) is -0.283. The molecule has 0 saturated heterocycles. The molecule has 100 valence electrons. The molecule has 1 aromatic carbocycles. The quantitative estimate of drug-likeness (QED) is 0.852. The number of hydrogen-bond acceptors (Lipinski definition) is 4. The highest BCUT2D eigenvalue weighted by Crippen LogP contribution is 2.30. The van der Waals surface area contributed by atoms with Crippen molar-refractivity contribution in [2.75, 3.05) is 13.7 Å². The van der Waals surface area contributed by atoms with Gasteiger partial charge >= 0.3 is 5.97 Å². The lowest BCUT2D eigenvalue weighted by Crippen LogP contribution is -2.45. The van der Waals surface area contributed by atoms with E-state index in [1.165, 1.54) is 7.11 Å². The minimum Gasteiger partial charge on any atom is -0.468 e. The van der Waals surface area contributed by atoms with Gasteiger partial charge in [0.2, 0.25) is 0 Å². The molecule has 0 spiro atoms. The molecule has 2 rings (SSSR count). The number of carbonyl (C=O) groups excluding carboxylic acids is 1. The fraction of sp³-hybridized carbons (Fsp3) is 0.267. The van der Waals surface area contributed by atoms with Crippen LogP contribution in [-0.4, -0.2) is 19.6 Å². The predicted octanol–water partition coefficient (Wildman–Crippen LogP) is 2.36. The molecule has 0 aliphatic carbocycles. The molecular weight excluding hydrogens is 258 g/mol. The molecule has 1 aromatic heterocycles. The molecule has 0 aliphatic rings. The first-order chi connectivity index (χ1) is 9.23. The molecule has 0 amide bonds. The molecule has 0 radical (unpaired) electrons. The van der Waals surface area contributed by atoms with Crippen molar-refractivity contribution in [1.29, 1.82) is 0 Å². The van der Waals surface area contributed by atoms with Crippen LogP contribution < -0.4 is 5.73 Å². The van der Waals surface area contributed by atoms with Gasteiger partial charge in [-0.15, -0.1) is 11.3 Å². The lowest BCUT2D eigenvalue weighted by Gasteiger charge is -2.29. The predicted molar refractivity (Wildman–Crippen MR) is 77.2 cm³/mol. The van der Waals surface area contributed by atoms with E-state index < -0.39 is 5.41 Å². The van der Waals surface area contributed by atoms with Crippen molar-refractivity contribution >= 4 is 17.3 Å². The lowest BCUT2D eigenvalue weighted by atomic mass is 9.77. The van der Waals surface area contributed by atoms with Crippen LogP contribution in [0.2, 0.25) is 0 Å². The highest BCUT2D eigenvalue weighted by atomic mass is 32.1. The number of nitrogens with two attached hydrogens (primary N) is 1. The molecule has 3 nitrogen and oxygen atoms in total. The van der Waals surface area contributed by atoms with Crippen molar-refractivity contribution in [3.63, 3.8) is 0 Å². The third-order valence-corrected chi connectivity index (χ3v) is 4.18. The Kier molecular flexibility index (Phi) is 4.35. The fourth-order valence-corrected chi connectivity index (χ4v) is 3.05. The Morgan fingerprint density at radius 1 is 1.26 bits per heavy atom. The molecular formula is C15H17NO2S. The summed E-state index contributed by atoms with van der Waals surface area (Å²) in [6, 6.07) is 13.6. The Labute approximate surface area is 117 Å². The van der Waals surface area contributed by atoms with Crippen molar-refractivity contribution in [3.05, 3.63) is 58.3 Å². The topological polar surface area (TPSA) is 52.3 Å². The number of esters is 1. The molecule has 0 aliphatic heterocycles. The summed E-state index contributed by atoms with van der Waals surface area (Å²) in [5.41, 5.74) is 6.03. The maximum Gasteiger partial charge on any atom is 0.317 e. The highest BCUT2D eigenvalue weighted by molar-refractivity contribution is 7.09. The van der Waals surface area contributed by atoms with Gasteiger partial charge in [-0.3, -0.25) is 4.79 Å². The summed E-state index contributed by atoms with van der Waals surface area (Å²) >= 11 is 1.62. The minimum absolute atomic E-state index is 0.224. The van der Waals surface area contributed by atoms with E-state index in [4.69, 9.17) is 10.5 Å². The molecule has 19 heavy (non-hydrogen) atoms. The number of carbonyl (C=O) groups is 1. The van der Waals surface area contributed by atoms with Crippen LogP contribution in [0.15, 0.2) is 47.8 Å². The van der Waals surface area contributed by atoms with E-state index in [9.17, 15) is 4.79 Å². The number of methoxy groups -OCH3 is 1. The second-order valence-electron chi connectivity index (χ2n) is 4.40. The lowest BCUT2D eigenvalue weighted by molar-refractivity contribution is -0.147. The van der Waals surface area contributed by atoms with E-state index in [1.54, 1.807) is 11.3 Å². The van der Waals surface area contributed by atoms with E-state index in [1.807, 2.05) is 47.8 Å². The van der Waals surface area contributed by atoms with Gasteiger partial charge in [-0.25, -0.2) is 0 Å². The van der Waals surface area contributed by atoms with Gasteiger partial charge < -0.3 is 10.5 Å². The van der Waals surface area contributed by atoms with E-state index in [0.717, 1.165) is 10.4 Å². The Bertz CT molecular complexity index is 524. The fourth-order valence-electron chi connectivity index (χ4n) is 2.23. The van der Waals surface area contributed by atoms with Crippen LogP contribution in [-0.2, 0) is 21.4 Å². The standard InChI is InChI=1S/C15H17NO2S/c1-18-14(17)15(11-16,10-13-8-5-9-19-13)12-6-3-2-4-7-12/h2-9H,10-11,16H2,1H3. The Hall–Kier alpha value is -1.65. The number of benzene rings is 1. The molecule has 0 bridgehead atoms. The minimum atomic E-state index is -0.805. The van der Waals surface area contributed by atoms with Crippen LogP contribution >= 0.6 is 11.3 Å². The van der Waals surface area contributed by atoms with Crippen LogP contribution in [0.25, 0.3) is 0 Å². The Morgan fingerprint density at radius 2 is 2.00 bits per heavy atom. The van der Waals surface area contributed by atoms with Crippen molar-refractivity contribution in [3.8, 4) is 0 Å². The van der Waals surface area contributed by atoms with Gasteiger partial charge in [-0.05, 0) is 17.0 Å². The van der Waals surface area contributed by atoms with Gasteiger partial charge in [0, 0.05) is 17.8 Å². The zero-order valence-corrected chi connectivity index (χ0v) is 11.7. The number of thiophene rings is 1. The van der Waals surface area contributed by atoms with Crippen LogP contribution in [0.4, 0.5) is 0 Å². The largest absolute Gasteiger partial charge is 0.468 e. The second-order valence-corrected chi connectivity index (χ2v) is 5.43. The van der Waals surface area contributed by atoms with E-state index in [2.05, 4.69) is 0 Å². The first-order valence-corrected chi connectivity index (χ1v) is 6.97. The summed E-state index contributed by atoms with van der Waals surface area (Å²) < 4.78 is 5.00. The van der Waals surface area contributed by atoms with E-state index >= 15 is 0 Å². The molecule has 1 heterocycles. The van der Waals surface area contributed by atoms with Gasteiger partial charge in [-0.1, -0.05) is 36.4 Å². The first-order valence-electron chi connectivity index (χ1n) is 6.09. The van der Waals surface area contributed by atoms with Gasteiger partial charge in [-0.2, -0.15) is 0 Å². The Balaban J connectivity index is 2.45. The third kappa shape index (κ3) is 2.69. The smallest absolute Gasteiger partial charge is 0.317 e. The summed E-state index contributed by atoms with van der Waals surface area (Å²) in [7, 11) is 1.41. The average Bonchev–Trinajstić information content (AvgIpc) is 2.97.